The first-order valence-electron chi connectivity index (χ1n) is 13.7. The van der Waals surface area contributed by atoms with Crippen LogP contribution >= 0.6 is 0 Å². The van der Waals surface area contributed by atoms with Gasteiger partial charge >= 0.3 is 0 Å². The molecule has 1 heterocycles. The second-order valence-corrected chi connectivity index (χ2v) is 10.5. The molecule has 1 saturated heterocycles. The minimum Gasteiger partial charge on any atom is -0.313 e. The molecule has 38 heavy (non-hydrogen) atoms. The van der Waals surface area contributed by atoms with Gasteiger partial charge < -0.3 is 5.32 Å². The van der Waals surface area contributed by atoms with Crippen molar-refractivity contribution in [3.8, 4) is 22.3 Å². The van der Waals surface area contributed by atoms with Gasteiger partial charge in [-0.05, 0) is 86.4 Å². The maximum Gasteiger partial charge on any atom is 0.0243 e. The van der Waals surface area contributed by atoms with Crippen LogP contribution in [0.25, 0.3) is 43.8 Å². The van der Waals surface area contributed by atoms with Crippen LogP contribution in [0.2, 0.25) is 0 Å². The van der Waals surface area contributed by atoms with E-state index < -0.39 is 0 Å². The molecule has 1 fully saturated rings. The molecule has 0 saturated carbocycles. The number of hydrogen-bond donors (Lipinski definition) is 1. The van der Waals surface area contributed by atoms with Crippen LogP contribution in [0.5, 0.6) is 0 Å². The fourth-order valence-electron chi connectivity index (χ4n) is 6.16. The Morgan fingerprint density at radius 1 is 0.474 bits per heavy atom. The lowest BCUT2D eigenvalue weighted by Crippen LogP contribution is -2.29. The Bertz CT molecular complexity index is 1580. The molecule has 1 unspecified atom stereocenters. The number of benzene rings is 6. The van der Waals surface area contributed by atoms with Gasteiger partial charge in [0.15, 0.2) is 0 Å². The molecule has 1 nitrogen and oxygen atoms in total. The number of hydrogen-bond acceptors (Lipinski definition) is 1. The summed E-state index contributed by atoms with van der Waals surface area (Å²) in [6.45, 7) is 1.10. The van der Waals surface area contributed by atoms with Crippen molar-refractivity contribution in [2.24, 2.45) is 0 Å². The SMILES string of the molecule is c1ccc2cc(-c3ccc(C(c4ccc(-c5ccc6ccccc6c5)cc4)C4CCCN4)cc3)ccc2c1. The zero-order chi connectivity index (χ0) is 25.3. The van der Waals surface area contributed by atoms with Gasteiger partial charge in [-0.25, -0.2) is 0 Å². The summed E-state index contributed by atoms with van der Waals surface area (Å²) in [5, 5.41) is 8.93. The smallest absolute Gasteiger partial charge is 0.0243 e. The quantitative estimate of drug-likeness (QED) is 0.254. The first-order chi connectivity index (χ1) is 18.8. The molecule has 1 aliphatic heterocycles. The summed E-state index contributed by atoms with van der Waals surface area (Å²) >= 11 is 0. The van der Waals surface area contributed by atoms with E-state index in [4.69, 9.17) is 0 Å². The largest absolute Gasteiger partial charge is 0.313 e. The van der Waals surface area contributed by atoms with Crippen LogP contribution in [0, 0.1) is 0 Å². The van der Waals surface area contributed by atoms with Crippen molar-refractivity contribution in [3.63, 3.8) is 0 Å². The summed E-state index contributed by atoms with van der Waals surface area (Å²) in [7, 11) is 0. The summed E-state index contributed by atoms with van der Waals surface area (Å²) in [6, 6.07) is 49.7. The minimum atomic E-state index is 0.341. The maximum atomic E-state index is 3.79. The Kier molecular flexibility index (Phi) is 6.00. The lowest BCUT2D eigenvalue weighted by Gasteiger charge is -2.25. The molecular weight excluding hydrogens is 458 g/mol. The van der Waals surface area contributed by atoms with E-state index in [9.17, 15) is 0 Å². The molecule has 0 spiro atoms. The maximum absolute atomic E-state index is 3.79. The molecule has 0 aliphatic carbocycles. The van der Waals surface area contributed by atoms with Gasteiger partial charge in [0.05, 0.1) is 0 Å². The van der Waals surface area contributed by atoms with E-state index in [2.05, 4.69) is 139 Å². The van der Waals surface area contributed by atoms with Gasteiger partial charge in [-0.2, -0.15) is 0 Å². The third-order valence-electron chi connectivity index (χ3n) is 8.21. The fraction of sp³-hybridized carbons (Fsp3) is 0.135. The molecular formula is C37H31N. The number of fused-ring (bicyclic) bond motifs is 2. The van der Waals surface area contributed by atoms with E-state index in [0.29, 0.717) is 12.0 Å². The summed E-state index contributed by atoms with van der Waals surface area (Å²) in [4.78, 5) is 0. The third-order valence-corrected chi connectivity index (χ3v) is 8.21. The molecule has 184 valence electrons. The van der Waals surface area contributed by atoms with Crippen LogP contribution < -0.4 is 5.32 Å². The Morgan fingerprint density at radius 3 is 1.37 bits per heavy atom. The highest BCUT2D eigenvalue weighted by Gasteiger charge is 2.27. The predicted octanol–water partition coefficient (Wildman–Crippen LogP) is 9.21. The van der Waals surface area contributed by atoms with Gasteiger partial charge in [0, 0.05) is 12.0 Å². The highest BCUT2D eigenvalue weighted by Crippen LogP contribution is 2.35. The van der Waals surface area contributed by atoms with Crippen molar-refractivity contribution in [1.29, 1.82) is 0 Å². The van der Waals surface area contributed by atoms with Crippen LogP contribution in [0.4, 0.5) is 0 Å². The molecule has 0 radical (unpaired) electrons. The molecule has 6 aromatic rings. The summed E-state index contributed by atoms with van der Waals surface area (Å²) < 4.78 is 0. The van der Waals surface area contributed by atoms with Crippen molar-refractivity contribution in [2.45, 2.75) is 24.8 Å². The topological polar surface area (TPSA) is 12.0 Å². The van der Waals surface area contributed by atoms with Crippen molar-refractivity contribution >= 4 is 21.5 Å². The first kappa shape index (κ1) is 23.0. The Hall–Kier alpha value is -4.20. The zero-order valence-corrected chi connectivity index (χ0v) is 21.5. The van der Waals surface area contributed by atoms with Crippen LogP contribution in [-0.2, 0) is 0 Å². The van der Waals surface area contributed by atoms with Crippen molar-refractivity contribution < 1.29 is 0 Å². The molecule has 1 N–H and O–H groups in total. The van der Waals surface area contributed by atoms with Gasteiger partial charge in [-0.15, -0.1) is 0 Å². The average molecular weight is 490 g/mol. The van der Waals surface area contributed by atoms with Gasteiger partial charge in [0.25, 0.3) is 0 Å². The molecule has 0 aromatic heterocycles. The van der Waals surface area contributed by atoms with Gasteiger partial charge in [-0.3, -0.25) is 0 Å². The third kappa shape index (κ3) is 4.40. The predicted molar refractivity (Wildman–Crippen MR) is 162 cm³/mol. The van der Waals surface area contributed by atoms with Crippen molar-refractivity contribution in [2.75, 3.05) is 6.54 Å². The summed E-state index contributed by atoms with van der Waals surface area (Å²) in [6.07, 6.45) is 2.45. The van der Waals surface area contributed by atoms with Crippen LogP contribution in [0.15, 0.2) is 133 Å². The fourth-order valence-corrected chi connectivity index (χ4v) is 6.16. The van der Waals surface area contributed by atoms with Gasteiger partial charge in [0.2, 0.25) is 0 Å². The van der Waals surface area contributed by atoms with Crippen LogP contribution in [0.1, 0.15) is 29.9 Å². The molecule has 1 heteroatoms. The van der Waals surface area contributed by atoms with E-state index in [1.54, 1.807) is 0 Å². The van der Waals surface area contributed by atoms with Gasteiger partial charge in [0.1, 0.15) is 0 Å². The van der Waals surface area contributed by atoms with E-state index >= 15 is 0 Å². The highest BCUT2D eigenvalue weighted by molar-refractivity contribution is 5.88. The summed E-state index contributed by atoms with van der Waals surface area (Å²) in [5.41, 5.74) is 7.84. The lowest BCUT2D eigenvalue weighted by molar-refractivity contribution is 0.540. The second-order valence-electron chi connectivity index (χ2n) is 10.5. The van der Waals surface area contributed by atoms with Crippen molar-refractivity contribution in [3.05, 3.63) is 145 Å². The van der Waals surface area contributed by atoms with Crippen LogP contribution in [-0.4, -0.2) is 12.6 Å². The van der Waals surface area contributed by atoms with E-state index in [1.807, 2.05) is 0 Å². The Balaban J connectivity index is 1.20. The van der Waals surface area contributed by atoms with Gasteiger partial charge in [-0.1, -0.05) is 121 Å². The average Bonchev–Trinajstić information content (AvgIpc) is 3.52. The second kappa shape index (κ2) is 9.93. The Labute approximate surface area is 224 Å². The molecule has 6 aromatic carbocycles. The normalized spacial score (nSPS) is 15.4. The highest BCUT2D eigenvalue weighted by atomic mass is 14.9. The standard InChI is InChI=1S/C37H31N/c1-3-8-32-24-34(21-15-26(32)6-1)28-11-17-30(18-12-28)37(36-10-5-23-38-36)31-19-13-29(14-20-31)35-22-16-27-7-2-4-9-33(27)25-35/h1-4,6-9,11-22,24-25,36-38H,5,10,23H2. The number of nitrogens with one attached hydrogen (secondary N) is 1. The monoisotopic (exact) mass is 489 g/mol. The molecule has 1 atom stereocenters. The van der Waals surface area contributed by atoms with E-state index in [1.165, 1.54) is 67.8 Å². The minimum absolute atomic E-state index is 0.341. The van der Waals surface area contributed by atoms with E-state index in [0.717, 1.165) is 6.54 Å². The van der Waals surface area contributed by atoms with Crippen LogP contribution in [0.3, 0.4) is 0 Å². The lowest BCUT2D eigenvalue weighted by atomic mass is 9.83. The molecule has 1 aliphatic rings. The van der Waals surface area contributed by atoms with Crippen molar-refractivity contribution in [1.82, 2.24) is 5.32 Å². The zero-order valence-electron chi connectivity index (χ0n) is 21.5. The van der Waals surface area contributed by atoms with E-state index in [-0.39, 0.29) is 0 Å². The molecule has 7 rings (SSSR count). The number of rotatable bonds is 5. The summed E-state index contributed by atoms with van der Waals surface area (Å²) in [5.74, 6) is 0.341. The Morgan fingerprint density at radius 2 is 0.921 bits per heavy atom. The first-order valence-corrected chi connectivity index (χ1v) is 13.7. The molecule has 0 bridgehead atoms. The molecule has 0 amide bonds.